The molecule has 31 heavy (non-hydrogen) atoms. The van der Waals surface area contributed by atoms with Gasteiger partial charge < -0.3 is 10.6 Å². The molecule has 168 valence electrons. The van der Waals surface area contributed by atoms with Crippen LogP contribution in [0.15, 0.2) is 47.4 Å². The summed E-state index contributed by atoms with van der Waals surface area (Å²) in [6.07, 6.45) is 2.72. The van der Waals surface area contributed by atoms with Crippen LogP contribution in [0, 0.1) is 5.92 Å². The predicted octanol–water partition coefficient (Wildman–Crippen LogP) is 4.11. The molecule has 1 fully saturated rings. The molecule has 1 aliphatic heterocycles. The van der Waals surface area contributed by atoms with Gasteiger partial charge in [0.2, 0.25) is 15.9 Å². The first-order chi connectivity index (χ1) is 14.7. The number of nitrogens with zero attached hydrogens (tertiary/aromatic N) is 1. The molecule has 0 spiro atoms. The molecule has 2 aromatic carbocycles. The monoisotopic (exact) mass is 483 g/mol. The molecule has 1 aliphatic rings. The lowest BCUT2D eigenvalue weighted by Gasteiger charge is -2.33. The predicted molar refractivity (Wildman–Crippen MR) is 125 cm³/mol. The van der Waals surface area contributed by atoms with Crippen LogP contribution in [0.1, 0.15) is 31.7 Å². The van der Waals surface area contributed by atoms with Crippen LogP contribution in [0.5, 0.6) is 0 Å². The van der Waals surface area contributed by atoms with Gasteiger partial charge in [-0.2, -0.15) is 4.72 Å². The lowest BCUT2D eigenvalue weighted by Crippen LogP contribution is -2.50. The van der Waals surface area contributed by atoms with Gasteiger partial charge in [-0.3, -0.25) is 4.79 Å². The summed E-state index contributed by atoms with van der Waals surface area (Å²) in [5.41, 5.74) is 6.87. The van der Waals surface area contributed by atoms with Crippen molar-refractivity contribution >= 4 is 44.8 Å². The van der Waals surface area contributed by atoms with Gasteiger partial charge >= 0.3 is 0 Å². The number of amides is 1. The number of carbonyl (C=O) groups excluding carboxylic acids is 1. The van der Waals surface area contributed by atoms with Gasteiger partial charge in [0.25, 0.3) is 0 Å². The highest BCUT2D eigenvalue weighted by molar-refractivity contribution is 7.89. The Morgan fingerprint density at radius 2 is 1.74 bits per heavy atom. The van der Waals surface area contributed by atoms with Gasteiger partial charge in [0, 0.05) is 13.1 Å². The van der Waals surface area contributed by atoms with Crippen LogP contribution in [-0.4, -0.2) is 38.4 Å². The number of nitrogens with two attached hydrogens (primary N) is 1. The molecule has 1 amide bonds. The quantitative estimate of drug-likeness (QED) is 0.579. The zero-order valence-electron chi connectivity index (χ0n) is 17.4. The van der Waals surface area contributed by atoms with E-state index in [-0.39, 0.29) is 26.5 Å². The Kier molecular flexibility index (Phi) is 7.86. The Bertz CT molecular complexity index is 1000. The maximum Gasteiger partial charge on any atom is 0.241 e. The molecule has 0 aromatic heterocycles. The maximum absolute atomic E-state index is 13.3. The third-order valence-electron chi connectivity index (χ3n) is 5.62. The molecule has 1 atom stereocenters. The van der Waals surface area contributed by atoms with Crippen molar-refractivity contribution in [1.29, 1.82) is 0 Å². The fraction of sp³-hybridized carbons (Fsp3) is 0.409. The molecule has 6 nitrogen and oxygen atoms in total. The SMILES string of the molecule is CC1CCN(C(=O)[C@H](CCc2ccccc2)NS(=O)(=O)c2cc(Cl)c(N)c(Cl)c2)CC1. The first kappa shape index (κ1) is 23.9. The van der Waals surface area contributed by atoms with Crippen LogP contribution < -0.4 is 10.5 Å². The molecule has 1 heterocycles. The van der Waals surface area contributed by atoms with Crippen molar-refractivity contribution in [2.75, 3.05) is 18.8 Å². The first-order valence-electron chi connectivity index (χ1n) is 10.3. The highest BCUT2D eigenvalue weighted by Crippen LogP contribution is 2.31. The number of aryl methyl sites for hydroxylation is 1. The summed E-state index contributed by atoms with van der Waals surface area (Å²) in [4.78, 5) is 14.9. The first-order valence-corrected chi connectivity index (χ1v) is 12.5. The average Bonchev–Trinajstić information content (AvgIpc) is 2.75. The number of benzene rings is 2. The van der Waals surface area contributed by atoms with Gasteiger partial charge in [-0.05, 0) is 49.3 Å². The normalized spacial score (nSPS) is 16.3. The Morgan fingerprint density at radius 1 is 1.16 bits per heavy atom. The van der Waals surface area contributed by atoms with E-state index >= 15 is 0 Å². The van der Waals surface area contributed by atoms with Crippen molar-refractivity contribution in [3.05, 3.63) is 58.1 Å². The van der Waals surface area contributed by atoms with E-state index in [1.807, 2.05) is 30.3 Å². The zero-order chi connectivity index (χ0) is 22.6. The summed E-state index contributed by atoms with van der Waals surface area (Å²) in [5.74, 6) is 0.349. The van der Waals surface area contributed by atoms with Crippen molar-refractivity contribution < 1.29 is 13.2 Å². The van der Waals surface area contributed by atoms with Crippen LogP contribution >= 0.6 is 23.2 Å². The van der Waals surface area contributed by atoms with Gasteiger partial charge in [-0.15, -0.1) is 0 Å². The number of nitrogen functional groups attached to an aromatic ring is 1. The summed E-state index contributed by atoms with van der Waals surface area (Å²) >= 11 is 12.0. The van der Waals surface area contributed by atoms with Gasteiger partial charge in [-0.1, -0.05) is 60.5 Å². The van der Waals surface area contributed by atoms with Gasteiger partial charge in [0.1, 0.15) is 6.04 Å². The lowest BCUT2D eigenvalue weighted by atomic mass is 9.98. The number of hydrogen-bond acceptors (Lipinski definition) is 4. The van der Waals surface area contributed by atoms with E-state index in [1.54, 1.807) is 4.90 Å². The molecule has 1 saturated heterocycles. The number of sulfonamides is 1. The van der Waals surface area contributed by atoms with E-state index in [0.717, 1.165) is 18.4 Å². The molecular formula is C22H27Cl2N3O3S. The number of hydrogen-bond donors (Lipinski definition) is 2. The fourth-order valence-corrected chi connectivity index (χ4v) is 5.50. The largest absolute Gasteiger partial charge is 0.396 e. The highest BCUT2D eigenvalue weighted by atomic mass is 35.5. The van der Waals surface area contributed by atoms with Crippen LogP contribution in [0.3, 0.4) is 0 Å². The fourth-order valence-electron chi connectivity index (χ4n) is 3.61. The Balaban J connectivity index is 1.83. The highest BCUT2D eigenvalue weighted by Gasteiger charge is 2.31. The molecule has 2 aromatic rings. The Morgan fingerprint density at radius 3 is 2.32 bits per heavy atom. The number of halogens is 2. The Hall–Kier alpha value is -1.80. The van der Waals surface area contributed by atoms with Gasteiger partial charge in [-0.25, -0.2) is 8.42 Å². The summed E-state index contributed by atoms with van der Waals surface area (Å²) in [5, 5.41) is 0.0927. The molecule has 0 aliphatic carbocycles. The van der Waals surface area contributed by atoms with Crippen molar-refractivity contribution in [3.8, 4) is 0 Å². The second kappa shape index (κ2) is 10.2. The molecule has 0 saturated carbocycles. The summed E-state index contributed by atoms with van der Waals surface area (Å²) in [7, 11) is -4.04. The van der Waals surface area contributed by atoms with Crippen molar-refractivity contribution in [2.45, 2.75) is 43.5 Å². The minimum atomic E-state index is -4.04. The summed E-state index contributed by atoms with van der Waals surface area (Å²) in [6, 6.07) is 11.3. The van der Waals surface area contributed by atoms with E-state index in [4.69, 9.17) is 28.9 Å². The molecule has 0 radical (unpaired) electrons. The number of anilines is 1. The van der Waals surface area contributed by atoms with E-state index in [2.05, 4.69) is 11.6 Å². The van der Waals surface area contributed by atoms with Crippen LogP contribution in [0.25, 0.3) is 0 Å². The second-order valence-corrected chi connectivity index (χ2v) is 10.5. The van der Waals surface area contributed by atoms with E-state index in [1.165, 1.54) is 12.1 Å². The lowest BCUT2D eigenvalue weighted by molar-refractivity contribution is -0.134. The maximum atomic E-state index is 13.3. The molecular weight excluding hydrogens is 457 g/mol. The number of carbonyl (C=O) groups is 1. The molecule has 9 heteroatoms. The molecule has 0 unspecified atom stereocenters. The molecule has 0 bridgehead atoms. The van der Waals surface area contributed by atoms with Gasteiger partial charge in [0.05, 0.1) is 20.6 Å². The van der Waals surface area contributed by atoms with Crippen molar-refractivity contribution in [3.63, 3.8) is 0 Å². The van der Waals surface area contributed by atoms with Crippen molar-refractivity contribution in [1.82, 2.24) is 9.62 Å². The van der Waals surface area contributed by atoms with Crippen LogP contribution in [0.4, 0.5) is 5.69 Å². The topological polar surface area (TPSA) is 92.5 Å². The number of piperidine rings is 1. The number of likely N-dealkylation sites (tertiary alicyclic amines) is 1. The minimum absolute atomic E-state index is 0.0463. The van der Waals surface area contributed by atoms with Crippen LogP contribution in [0.2, 0.25) is 10.0 Å². The van der Waals surface area contributed by atoms with Crippen LogP contribution in [-0.2, 0) is 21.2 Å². The Labute approximate surface area is 193 Å². The number of nitrogens with one attached hydrogen (secondary N) is 1. The average molecular weight is 484 g/mol. The summed E-state index contributed by atoms with van der Waals surface area (Å²) in [6.45, 7) is 3.41. The zero-order valence-corrected chi connectivity index (χ0v) is 19.7. The smallest absolute Gasteiger partial charge is 0.241 e. The third kappa shape index (κ3) is 6.13. The molecule has 3 N–H and O–H groups in total. The standard InChI is InChI=1S/C22H27Cl2N3O3S/c1-15-9-11-27(12-10-15)22(28)20(8-7-16-5-3-2-4-6-16)26-31(29,30)17-13-18(23)21(25)19(24)14-17/h2-6,13-15,20,26H,7-12,25H2,1H3/t20-/m0/s1. The second-order valence-electron chi connectivity index (χ2n) is 8.01. The minimum Gasteiger partial charge on any atom is -0.396 e. The van der Waals surface area contributed by atoms with Crippen molar-refractivity contribution in [2.24, 2.45) is 5.92 Å². The number of rotatable bonds is 7. The van der Waals surface area contributed by atoms with E-state index < -0.39 is 16.1 Å². The van der Waals surface area contributed by atoms with E-state index in [0.29, 0.717) is 31.8 Å². The molecule has 3 rings (SSSR count). The van der Waals surface area contributed by atoms with E-state index in [9.17, 15) is 13.2 Å². The summed E-state index contributed by atoms with van der Waals surface area (Å²) < 4.78 is 28.7. The third-order valence-corrected chi connectivity index (χ3v) is 7.69. The van der Waals surface area contributed by atoms with Gasteiger partial charge in [0.15, 0.2) is 0 Å².